The summed E-state index contributed by atoms with van der Waals surface area (Å²) in [6.45, 7) is 1.17. The monoisotopic (exact) mass is 239 g/mol. The first kappa shape index (κ1) is 12.4. The van der Waals surface area contributed by atoms with E-state index in [1.165, 1.54) is 0 Å². The molecule has 1 aliphatic carbocycles. The highest BCUT2D eigenvalue weighted by atomic mass is 16.2. The predicted octanol–water partition coefficient (Wildman–Crippen LogP) is -0.292. The van der Waals surface area contributed by atoms with E-state index in [1.807, 2.05) is 0 Å². The van der Waals surface area contributed by atoms with Crippen LogP contribution in [0.2, 0.25) is 0 Å². The first-order valence-electron chi connectivity index (χ1n) is 6.36. The second kappa shape index (κ2) is 5.04. The molecule has 1 aliphatic heterocycles. The summed E-state index contributed by atoms with van der Waals surface area (Å²) in [7, 11) is 1.78. The van der Waals surface area contributed by atoms with Gasteiger partial charge in [-0.2, -0.15) is 0 Å². The molecule has 1 saturated heterocycles. The zero-order chi connectivity index (χ0) is 12.4. The maximum Gasteiger partial charge on any atom is 0.223 e. The first-order chi connectivity index (χ1) is 8.11. The summed E-state index contributed by atoms with van der Waals surface area (Å²) in [4.78, 5) is 25.2. The van der Waals surface area contributed by atoms with E-state index >= 15 is 0 Å². The molecule has 5 nitrogen and oxygen atoms in total. The maximum absolute atomic E-state index is 12.0. The highest BCUT2D eigenvalue weighted by Gasteiger charge is 2.34. The smallest absolute Gasteiger partial charge is 0.223 e. The van der Waals surface area contributed by atoms with Crippen molar-refractivity contribution < 1.29 is 9.59 Å². The number of carbonyl (C=O) groups excluding carboxylic acids is 2. The van der Waals surface area contributed by atoms with E-state index in [-0.39, 0.29) is 23.8 Å². The molecule has 0 aromatic rings. The SMILES string of the molecule is CN1CCC(C(=O)NC(CN)C2CC2)CC1=O. The Labute approximate surface area is 102 Å². The average molecular weight is 239 g/mol. The van der Waals surface area contributed by atoms with Gasteiger partial charge in [-0.3, -0.25) is 9.59 Å². The zero-order valence-corrected chi connectivity index (χ0v) is 10.3. The Bertz CT molecular complexity index is 315. The molecule has 0 spiro atoms. The molecular weight excluding hydrogens is 218 g/mol. The maximum atomic E-state index is 12.0. The third-order valence-electron chi connectivity index (χ3n) is 3.80. The van der Waals surface area contributed by atoms with Crippen LogP contribution in [0.5, 0.6) is 0 Å². The second-order valence-corrected chi connectivity index (χ2v) is 5.19. The van der Waals surface area contributed by atoms with Gasteiger partial charge in [-0.1, -0.05) is 0 Å². The number of hydrogen-bond donors (Lipinski definition) is 2. The molecule has 0 bridgehead atoms. The topological polar surface area (TPSA) is 75.4 Å². The quantitative estimate of drug-likeness (QED) is 0.708. The van der Waals surface area contributed by atoms with Crippen LogP contribution in [0.25, 0.3) is 0 Å². The standard InChI is InChI=1S/C12H21N3O2/c1-15-5-4-9(6-11(15)16)12(17)14-10(7-13)8-2-3-8/h8-10H,2-7,13H2,1H3,(H,14,17). The van der Waals surface area contributed by atoms with Crippen molar-refractivity contribution in [2.75, 3.05) is 20.1 Å². The van der Waals surface area contributed by atoms with Gasteiger partial charge in [0.1, 0.15) is 0 Å². The minimum absolute atomic E-state index is 0.00815. The van der Waals surface area contributed by atoms with Crippen LogP contribution >= 0.6 is 0 Å². The molecule has 2 atom stereocenters. The van der Waals surface area contributed by atoms with E-state index in [9.17, 15) is 9.59 Å². The number of likely N-dealkylation sites (tertiary alicyclic amines) is 1. The van der Waals surface area contributed by atoms with Crippen LogP contribution in [0.1, 0.15) is 25.7 Å². The molecule has 2 unspecified atom stereocenters. The van der Waals surface area contributed by atoms with Gasteiger partial charge in [-0.05, 0) is 25.2 Å². The molecule has 96 valence electrons. The van der Waals surface area contributed by atoms with Crippen LogP contribution < -0.4 is 11.1 Å². The molecule has 2 fully saturated rings. The Morgan fingerprint density at radius 2 is 2.24 bits per heavy atom. The third kappa shape index (κ3) is 2.97. The fourth-order valence-electron chi connectivity index (χ4n) is 2.34. The van der Waals surface area contributed by atoms with Crippen molar-refractivity contribution in [1.29, 1.82) is 0 Å². The van der Waals surface area contributed by atoms with Gasteiger partial charge < -0.3 is 16.0 Å². The summed E-state index contributed by atoms with van der Waals surface area (Å²) in [6.07, 6.45) is 3.42. The summed E-state index contributed by atoms with van der Waals surface area (Å²) in [5.74, 6) is 0.471. The number of nitrogens with one attached hydrogen (secondary N) is 1. The molecule has 5 heteroatoms. The zero-order valence-electron chi connectivity index (χ0n) is 10.3. The Kier molecular flexibility index (Phi) is 3.66. The fraction of sp³-hybridized carbons (Fsp3) is 0.833. The minimum atomic E-state index is -0.161. The molecule has 3 N–H and O–H groups in total. The van der Waals surface area contributed by atoms with E-state index in [0.29, 0.717) is 25.4 Å². The Balaban J connectivity index is 1.84. The second-order valence-electron chi connectivity index (χ2n) is 5.19. The molecule has 1 saturated carbocycles. The van der Waals surface area contributed by atoms with Gasteiger partial charge in [0, 0.05) is 38.5 Å². The summed E-state index contributed by atoms with van der Waals surface area (Å²) in [5.41, 5.74) is 5.65. The van der Waals surface area contributed by atoms with Gasteiger partial charge in [-0.15, -0.1) is 0 Å². The molecule has 0 radical (unpaired) electrons. The van der Waals surface area contributed by atoms with Gasteiger partial charge >= 0.3 is 0 Å². The van der Waals surface area contributed by atoms with Crippen LogP contribution in [0.15, 0.2) is 0 Å². The molecule has 2 rings (SSSR count). The lowest BCUT2D eigenvalue weighted by molar-refractivity contribution is -0.139. The molecule has 17 heavy (non-hydrogen) atoms. The molecule has 2 aliphatic rings. The number of nitrogens with two attached hydrogens (primary N) is 1. The van der Waals surface area contributed by atoms with Crippen molar-refractivity contribution in [2.24, 2.45) is 17.6 Å². The van der Waals surface area contributed by atoms with Crippen LogP contribution in [0.4, 0.5) is 0 Å². The number of hydrogen-bond acceptors (Lipinski definition) is 3. The van der Waals surface area contributed by atoms with Gasteiger partial charge in [0.2, 0.25) is 11.8 Å². The number of rotatable bonds is 4. The largest absolute Gasteiger partial charge is 0.352 e. The predicted molar refractivity (Wildman–Crippen MR) is 64.1 cm³/mol. The lowest BCUT2D eigenvalue weighted by Crippen LogP contribution is -2.47. The first-order valence-corrected chi connectivity index (χ1v) is 6.36. The van der Waals surface area contributed by atoms with Crippen molar-refractivity contribution in [3.63, 3.8) is 0 Å². The van der Waals surface area contributed by atoms with Crippen molar-refractivity contribution >= 4 is 11.8 Å². The van der Waals surface area contributed by atoms with E-state index in [0.717, 1.165) is 19.3 Å². The number of piperidine rings is 1. The summed E-state index contributed by atoms with van der Waals surface area (Å²) in [5, 5.41) is 3.00. The third-order valence-corrected chi connectivity index (χ3v) is 3.80. The Hall–Kier alpha value is -1.10. The summed E-state index contributed by atoms with van der Waals surface area (Å²) in [6, 6.07) is 0.109. The Morgan fingerprint density at radius 3 is 2.76 bits per heavy atom. The normalized spacial score (nSPS) is 26.8. The van der Waals surface area contributed by atoms with Crippen molar-refractivity contribution in [2.45, 2.75) is 31.7 Å². The molecule has 0 aromatic carbocycles. The van der Waals surface area contributed by atoms with Crippen LogP contribution in [-0.2, 0) is 9.59 Å². The highest BCUT2D eigenvalue weighted by molar-refractivity contribution is 5.87. The molecule has 0 aromatic heterocycles. The van der Waals surface area contributed by atoms with Crippen molar-refractivity contribution in [1.82, 2.24) is 10.2 Å². The Morgan fingerprint density at radius 1 is 1.53 bits per heavy atom. The number of nitrogens with zero attached hydrogens (tertiary/aromatic N) is 1. The number of amides is 2. The van der Waals surface area contributed by atoms with Crippen LogP contribution in [-0.4, -0.2) is 42.9 Å². The van der Waals surface area contributed by atoms with Gasteiger partial charge in [0.25, 0.3) is 0 Å². The van der Waals surface area contributed by atoms with Gasteiger partial charge in [-0.25, -0.2) is 0 Å². The minimum Gasteiger partial charge on any atom is -0.352 e. The van der Waals surface area contributed by atoms with Crippen LogP contribution in [0.3, 0.4) is 0 Å². The summed E-state index contributed by atoms with van der Waals surface area (Å²) < 4.78 is 0. The molecular formula is C12H21N3O2. The van der Waals surface area contributed by atoms with E-state index in [2.05, 4.69) is 5.32 Å². The molecule has 2 amide bonds. The van der Waals surface area contributed by atoms with E-state index in [1.54, 1.807) is 11.9 Å². The highest BCUT2D eigenvalue weighted by Crippen LogP contribution is 2.32. The lowest BCUT2D eigenvalue weighted by Gasteiger charge is -2.29. The average Bonchev–Trinajstić information content (AvgIpc) is 3.13. The number of carbonyl (C=O) groups is 2. The van der Waals surface area contributed by atoms with Crippen molar-refractivity contribution in [3.05, 3.63) is 0 Å². The van der Waals surface area contributed by atoms with E-state index < -0.39 is 0 Å². The lowest BCUT2D eigenvalue weighted by atomic mass is 9.95. The van der Waals surface area contributed by atoms with Crippen molar-refractivity contribution in [3.8, 4) is 0 Å². The van der Waals surface area contributed by atoms with Crippen LogP contribution in [0, 0.1) is 11.8 Å². The molecule has 1 heterocycles. The van der Waals surface area contributed by atoms with Gasteiger partial charge in [0.15, 0.2) is 0 Å². The fourth-order valence-corrected chi connectivity index (χ4v) is 2.34. The van der Waals surface area contributed by atoms with Gasteiger partial charge in [0.05, 0.1) is 0 Å². The summed E-state index contributed by atoms with van der Waals surface area (Å²) >= 11 is 0. The van der Waals surface area contributed by atoms with E-state index in [4.69, 9.17) is 5.73 Å².